The fourth-order valence-electron chi connectivity index (χ4n) is 4.31. The number of fused-ring (bicyclic) bond motifs is 1. The minimum absolute atomic E-state index is 0.256. The molecular weight excluding hydrogens is 364 g/mol. The zero-order valence-electron chi connectivity index (χ0n) is 16.4. The van der Waals surface area contributed by atoms with Crippen LogP contribution in [0.3, 0.4) is 0 Å². The van der Waals surface area contributed by atoms with Crippen molar-refractivity contribution < 1.29 is 4.74 Å². The third kappa shape index (κ3) is 3.56. The van der Waals surface area contributed by atoms with Crippen LogP contribution < -0.4 is 0 Å². The molecule has 1 aromatic carbocycles. The maximum Gasteiger partial charge on any atom is 0.156 e. The number of nitrogens with zero attached hydrogens (tertiary/aromatic N) is 5. The Morgan fingerprint density at radius 1 is 1.17 bits per heavy atom. The molecule has 5 rings (SSSR count). The van der Waals surface area contributed by atoms with Crippen molar-refractivity contribution >= 4 is 0 Å². The first-order valence-electron chi connectivity index (χ1n) is 10.4. The minimum Gasteiger partial charge on any atom is -0.381 e. The Morgan fingerprint density at radius 2 is 2.03 bits per heavy atom. The van der Waals surface area contributed by atoms with Gasteiger partial charge in [-0.25, -0.2) is 9.67 Å². The summed E-state index contributed by atoms with van der Waals surface area (Å²) in [5.74, 6) is 2.04. The number of nitriles is 1. The Morgan fingerprint density at radius 3 is 2.83 bits per heavy atom. The Kier molecular flexibility index (Phi) is 4.86. The quantitative estimate of drug-likeness (QED) is 0.725. The first kappa shape index (κ1) is 18.1. The molecule has 0 saturated carbocycles. The molecule has 0 amide bonds. The van der Waals surface area contributed by atoms with E-state index in [9.17, 15) is 0 Å². The molecular formula is C22H24N6O. The SMILES string of the molecule is N#Cc1ccc(-n2nc(C3CCOC3)nc2CCc2n[nH]c3c2CCCC3)cc1. The molecule has 0 radical (unpaired) electrons. The van der Waals surface area contributed by atoms with E-state index >= 15 is 0 Å². The highest BCUT2D eigenvalue weighted by atomic mass is 16.5. The molecule has 7 nitrogen and oxygen atoms in total. The largest absolute Gasteiger partial charge is 0.381 e. The molecule has 29 heavy (non-hydrogen) atoms. The van der Waals surface area contributed by atoms with Crippen molar-refractivity contribution in [1.29, 1.82) is 5.26 Å². The van der Waals surface area contributed by atoms with Gasteiger partial charge in [0, 0.05) is 24.6 Å². The number of ether oxygens (including phenoxy) is 1. The van der Waals surface area contributed by atoms with E-state index in [0.717, 1.165) is 56.0 Å². The molecule has 0 spiro atoms. The third-order valence-corrected chi connectivity index (χ3v) is 5.95. The van der Waals surface area contributed by atoms with Gasteiger partial charge in [-0.15, -0.1) is 0 Å². The number of hydrogen-bond acceptors (Lipinski definition) is 5. The summed E-state index contributed by atoms with van der Waals surface area (Å²) < 4.78 is 7.46. The van der Waals surface area contributed by atoms with Crippen molar-refractivity contribution in [3.63, 3.8) is 0 Å². The number of hydrogen-bond donors (Lipinski definition) is 1. The number of nitrogens with one attached hydrogen (secondary N) is 1. The molecule has 7 heteroatoms. The van der Waals surface area contributed by atoms with Crippen LogP contribution >= 0.6 is 0 Å². The van der Waals surface area contributed by atoms with Crippen molar-refractivity contribution in [3.8, 4) is 11.8 Å². The lowest BCUT2D eigenvalue weighted by Gasteiger charge is -2.11. The molecule has 1 fully saturated rings. The van der Waals surface area contributed by atoms with E-state index in [0.29, 0.717) is 12.2 Å². The lowest BCUT2D eigenvalue weighted by atomic mass is 9.94. The molecule has 1 N–H and O–H groups in total. The predicted molar refractivity (Wildman–Crippen MR) is 107 cm³/mol. The van der Waals surface area contributed by atoms with Crippen LogP contribution in [0.2, 0.25) is 0 Å². The summed E-state index contributed by atoms with van der Waals surface area (Å²) in [6, 6.07) is 9.68. The van der Waals surface area contributed by atoms with Gasteiger partial charge in [-0.1, -0.05) is 0 Å². The average molecular weight is 388 g/mol. The summed E-state index contributed by atoms with van der Waals surface area (Å²) >= 11 is 0. The van der Waals surface area contributed by atoms with Crippen LogP contribution in [0.5, 0.6) is 0 Å². The summed E-state index contributed by atoms with van der Waals surface area (Å²) in [4.78, 5) is 4.89. The zero-order chi connectivity index (χ0) is 19.6. The Bertz CT molecular complexity index is 1040. The molecule has 3 aromatic rings. The molecule has 1 atom stereocenters. The lowest BCUT2D eigenvalue weighted by molar-refractivity contribution is 0.193. The van der Waals surface area contributed by atoms with Crippen LogP contribution in [0.4, 0.5) is 0 Å². The first-order chi connectivity index (χ1) is 14.3. The van der Waals surface area contributed by atoms with Crippen LogP contribution in [0.15, 0.2) is 24.3 Å². The number of H-pyrrole nitrogens is 1. The zero-order valence-corrected chi connectivity index (χ0v) is 16.4. The summed E-state index contributed by atoms with van der Waals surface area (Å²) in [5, 5.41) is 21.7. The normalized spacial score (nSPS) is 18.5. The van der Waals surface area contributed by atoms with Gasteiger partial charge in [0.15, 0.2) is 5.82 Å². The lowest BCUT2D eigenvalue weighted by Crippen LogP contribution is -2.07. The van der Waals surface area contributed by atoms with E-state index < -0.39 is 0 Å². The van der Waals surface area contributed by atoms with Crippen molar-refractivity contribution in [1.82, 2.24) is 25.0 Å². The van der Waals surface area contributed by atoms with Crippen LogP contribution in [0.1, 0.15) is 59.3 Å². The summed E-state index contributed by atoms with van der Waals surface area (Å²) in [5.41, 5.74) is 5.46. The van der Waals surface area contributed by atoms with Gasteiger partial charge in [0.2, 0.25) is 0 Å². The predicted octanol–water partition coefficient (Wildman–Crippen LogP) is 3.03. The smallest absolute Gasteiger partial charge is 0.156 e. The highest BCUT2D eigenvalue weighted by Gasteiger charge is 2.24. The fraction of sp³-hybridized carbons (Fsp3) is 0.455. The van der Waals surface area contributed by atoms with Gasteiger partial charge in [0.05, 0.1) is 29.6 Å². The number of aryl methyl sites for hydroxylation is 3. The number of rotatable bonds is 5. The second-order valence-electron chi connectivity index (χ2n) is 7.85. The van der Waals surface area contributed by atoms with E-state index in [4.69, 9.17) is 20.1 Å². The van der Waals surface area contributed by atoms with Crippen molar-refractivity contribution in [2.45, 2.75) is 50.9 Å². The topological polar surface area (TPSA) is 92.4 Å². The Balaban J connectivity index is 1.44. The van der Waals surface area contributed by atoms with Gasteiger partial charge in [0.25, 0.3) is 0 Å². The molecule has 2 aliphatic rings. The highest BCUT2D eigenvalue weighted by molar-refractivity contribution is 5.39. The first-order valence-corrected chi connectivity index (χ1v) is 10.4. The maximum absolute atomic E-state index is 9.08. The van der Waals surface area contributed by atoms with Crippen molar-refractivity contribution in [2.24, 2.45) is 0 Å². The second-order valence-corrected chi connectivity index (χ2v) is 7.85. The fourth-order valence-corrected chi connectivity index (χ4v) is 4.31. The molecule has 0 bridgehead atoms. The van der Waals surface area contributed by atoms with Crippen LogP contribution in [-0.4, -0.2) is 38.2 Å². The summed E-state index contributed by atoms with van der Waals surface area (Å²) in [6.07, 6.45) is 7.30. The average Bonchev–Trinajstić information content (AvgIpc) is 3.51. The number of aromatic nitrogens is 5. The van der Waals surface area contributed by atoms with Crippen LogP contribution in [0.25, 0.3) is 5.69 Å². The molecule has 3 heterocycles. The second kappa shape index (κ2) is 7.80. The van der Waals surface area contributed by atoms with Crippen molar-refractivity contribution in [2.75, 3.05) is 13.2 Å². The van der Waals surface area contributed by atoms with E-state index in [-0.39, 0.29) is 5.92 Å². The summed E-state index contributed by atoms with van der Waals surface area (Å²) in [6.45, 7) is 1.45. The monoisotopic (exact) mass is 388 g/mol. The van der Waals surface area contributed by atoms with E-state index in [2.05, 4.69) is 16.3 Å². The molecule has 1 unspecified atom stereocenters. The Hall–Kier alpha value is -2.98. The van der Waals surface area contributed by atoms with Gasteiger partial charge < -0.3 is 4.74 Å². The molecule has 1 aliphatic carbocycles. The highest BCUT2D eigenvalue weighted by Crippen LogP contribution is 2.26. The molecule has 2 aromatic heterocycles. The maximum atomic E-state index is 9.08. The Labute approximate surface area is 169 Å². The van der Waals surface area contributed by atoms with E-state index in [1.54, 1.807) is 0 Å². The molecule has 1 saturated heterocycles. The number of aromatic amines is 1. The van der Waals surface area contributed by atoms with Gasteiger partial charge in [-0.2, -0.15) is 15.5 Å². The number of benzene rings is 1. The van der Waals surface area contributed by atoms with Gasteiger partial charge in [-0.05, 0) is 68.4 Å². The van der Waals surface area contributed by atoms with E-state index in [1.807, 2.05) is 28.9 Å². The van der Waals surface area contributed by atoms with Crippen LogP contribution in [-0.2, 0) is 30.4 Å². The van der Waals surface area contributed by atoms with Crippen LogP contribution in [0, 0.1) is 11.3 Å². The third-order valence-electron chi connectivity index (χ3n) is 5.95. The molecule has 148 valence electrons. The van der Waals surface area contributed by atoms with Gasteiger partial charge in [0.1, 0.15) is 5.82 Å². The standard InChI is InChI=1S/C22H24N6O/c23-13-15-5-7-17(8-6-15)28-21(24-22(27-28)16-11-12-29-14-16)10-9-20-18-3-1-2-4-19(18)25-26-20/h5-8,16H,1-4,9-12,14H2,(H,25,26). The van der Waals surface area contributed by atoms with Gasteiger partial charge >= 0.3 is 0 Å². The van der Waals surface area contributed by atoms with Crippen molar-refractivity contribution in [3.05, 3.63) is 58.4 Å². The minimum atomic E-state index is 0.256. The van der Waals surface area contributed by atoms with Gasteiger partial charge in [-0.3, -0.25) is 5.10 Å². The summed E-state index contributed by atoms with van der Waals surface area (Å²) in [7, 11) is 0. The molecule has 1 aliphatic heterocycles. The van der Waals surface area contributed by atoms with E-state index in [1.165, 1.54) is 29.8 Å².